The molecule has 0 bridgehead atoms. The molecule has 29 heavy (non-hydrogen) atoms. The average molecular weight is 427 g/mol. The van der Waals surface area contributed by atoms with Gasteiger partial charge in [0.25, 0.3) is 5.91 Å². The number of carbonyl (C=O) groups is 2. The molecule has 1 saturated heterocycles. The maximum atomic E-state index is 12.5. The summed E-state index contributed by atoms with van der Waals surface area (Å²) in [6, 6.07) is 13.0. The molecular formula is C21H19ClN4O2S. The number of amides is 2. The molecule has 0 radical (unpaired) electrons. The van der Waals surface area contributed by atoms with Gasteiger partial charge >= 0.3 is 0 Å². The van der Waals surface area contributed by atoms with Crippen LogP contribution in [0.5, 0.6) is 0 Å². The Morgan fingerprint density at radius 2 is 2.03 bits per heavy atom. The fourth-order valence-corrected chi connectivity index (χ4v) is 4.28. The molecule has 0 spiro atoms. The summed E-state index contributed by atoms with van der Waals surface area (Å²) < 4.78 is 0. The third kappa shape index (κ3) is 4.16. The van der Waals surface area contributed by atoms with Crippen molar-refractivity contribution in [2.24, 2.45) is 0 Å². The van der Waals surface area contributed by atoms with E-state index in [1.54, 1.807) is 11.0 Å². The zero-order chi connectivity index (χ0) is 20.5. The maximum Gasteiger partial charge on any atom is 0.257 e. The van der Waals surface area contributed by atoms with Crippen molar-refractivity contribution in [2.75, 3.05) is 16.8 Å². The van der Waals surface area contributed by atoms with Gasteiger partial charge in [-0.2, -0.15) is 0 Å². The maximum absolute atomic E-state index is 12.5. The van der Waals surface area contributed by atoms with E-state index < -0.39 is 0 Å². The Morgan fingerprint density at radius 1 is 1.21 bits per heavy atom. The van der Waals surface area contributed by atoms with Gasteiger partial charge in [0.1, 0.15) is 5.01 Å². The molecule has 148 valence electrons. The van der Waals surface area contributed by atoms with Crippen LogP contribution in [0, 0.1) is 13.8 Å². The second kappa shape index (κ2) is 7.93. The van der Waals surface area contributed by atoms with E-state index in [0.29, 0.717) is 28.7 Å². The lowest BCUT2D eigenvalue weighted by Crippen LogP contribution is -2.24. The summed E-state index contributed by atoms with van der Waals surface area (Å²) in [4.78, 5) is 26.6. The first-order valence-corrected chi connectivity index (χ1v) is 10.4. The van der Waals surface area contributed by atoms with Crippen LogP contribution in [0.2, 0.25) is 5.02 Å². The van der Waals surface area contributed by atoms with E-state index in [4.69, 9.17) is 11.6 Å². The first-order chi connectivity index (χ1) is 13.9. The van der Waals surface area contributed by atoms with Crippen molar-refractivity contribution in [3.8, 4) is 0 Å². The van der Waals surface area contributed by atoms with Gasteiger partial charge in [-0.3, -0.25) is 14.9 Å². The van der Waals surface area contributed by atoms with Crippen molar-refractivity contribution >= 4 is 45.6 Å². The molecule has 2 aromatic carbocycles. The lowest BCUT2D eigenvalue weighted by atomic mass is 10.1. The van der Waals surface area contributed by atoms with Gasteiger partial charge in [-0.05, 0) is 43.7 Å². The monoisotopic (exact) mass is 426 g/mol. The second-order valence-corrected chi connectivity index (χ2v) is 8.52. The van der Waals surface area contributed by atoms with Crippen molar-refractivity contribution < 1.29 is 9.59 Å². The lowest BCUT2D eigenvalue weighted by Gasteiger charge is -2.17. The number of aromatic nitrogens is 2. The number of aryl methyl sites for hydroxylation is 2. The highest BCUT2D eigenvalue weighted by Crippen LogP contribution is 2.35. The van der Waals surface area contributed by atoms with E-state index in [-0.39, 0.29) is 17.7 Å². The zero-order valence-electron chi connectivity index (χ0n) is 16.0. The lowest BCUT2D eigenvalue weighted by molar-refractivity contribution is -0.117. The highest BCUT2D eigenvalue weighted by atomic mass is 35.5. The minimum Gasteiger partial charge on any atom is -0.312 e. The summed E-state index contributed by atoms with van der Waals surface area (Å²) in [6.07, 6.45) is 0.353. The molecule has 0 aliphatic carbocycles. The first-order valence-electron chi connectivity index (χ1n) is 9.18. The Balaban J connectivity index is 1.46. The molecule has 8 heteroatoms. The Bertz CT molecular complexity index is 1100. The first kappa shape index (κ1) is 19.5. The predicted molar refractivity (Wildman–Crippen MR) is 115 cm³/mol. The molecule has 3 aromatic rings. The fraction of sp³-hybridized carbons (Fsp3) is 0.238. The van der Waals surface area contributed by atoms with Gasteiger partial charge < -0.3 is 4.90 Å². The molecule has 1 fully saturated rings. The summed E-state index contributed by atoms with van der Waals surface area (Å²) in [7, 11) is 0. The Kier molecular flexibility index (Phi) is 5.34. The Morgan fingerprint density at radius 3 is 2.79 bits per heavy atom. The average Bonchev–Trinajstić information content (AvgIpc) is 3.30. The Labute approximate surface area is 177 Å². The highest BCUT2D eigenvalue weighted by Gasteiger charge is 2.34. The molecule has 0 unspecified atom stereocenters. The highest BCUT2D eigenvalue weighted by molar-refractivity contribution is 7.15. The third-order valence-electron chi connectivity index (χ3n) is 4.88. The summed E-state index contributed by atoms with van der Waals surface area (Å²) in [5.41, 5.74) is 3.33. The van der Waals surface area contributed by atoms with Crippen LogP contribution >= 0.6 is 22.9 Å². The van der Waals surface area contributed by atoms with Gasteiger partial charge in [0.05, 0.1) is 0 Å². The number of hydrogen-bond donors (Lipinski definition) is 1. The number of rotatable bonds is 4. The SMILES string of the molecule is Cc1cccc(C(=O)Nc2nnc([C@@H]3CC(=O)N(c4ccc(C)c(Cl)c4)C3)s2)c1. The summed E-state index contributed by atoms with van der Waals surface area (Å²) in [6.45, 7) is 4.37. The van der Waals surface area contributed by atoms with Gasteiger partial charge in [0, 0.05) is 35.2 Å². The van der Waals surface area contributed by atoms with Crippen molar-refractivity contribution in [2.45, 2.75) is 26.2 Å². The van der Waals surface area contributed by atoms with Crippen LogP contribution in [0.3, 0.4) is 0 Å². The van der Waals surface area contributed by atoms with E-state index in [0.717, 1.165) is 21.8 Å². The normalized spacial score (nSPS) is 16.3. The van der Waals surface area contributed by atoms with Crippen LogP contribution < -0.4 is 10.2 Å². The number of benzene rings is 2. The second-order valence-electron chi connectivity index (χ2n) is 7.11. The molecular weight excluding hydrogens is 408 g/mol. The number of carbonyl (C=O) groups excluding carboxylic acids is 2. The third-order valence-corrected chi connectivity index (χ3v) is 6.29. The van der Waals surface area contributed by atoms with E-state index in [9.17, 15) is 9.59 Å². The van der Waals surface area contributed by atoms with E-state index >= 15 is 0 Å². The fourth-order valence-electron chi connectivity index (χ4n) is 3.28. The van der Waals surface area contributed by atoms with Crippen LogP contribution in [-0.4, -0.2) is 28.6 Å². The zero-order valence-corrected chi connectivity index (χ0v) is 17.5. The molecule has 0 saturated carbocycles. The van der Waals surface area contributed by atoms with Crippen LogP contribution in [-0.2, 0) is 4.79 Å². The molecule has 1 atom stereocenters. The summed E-state index contributed by atoms with van der Waals surface area (Å²) in [5.74, 6) is -0.269. The predicted octanol–water partition coefficient (Wildman–Crippen LogP) is 4.58. The number of nitrogens with one attached hydrogen (secondary N) is 1. The molecule has 2 amide bonds. The number of halogens is 1. The topological polar surface area (TPSA) is 75.2 Å². The van der Waals surface area contributed by atoms with E-state index in [1.807, 2.05) is 50.2 Å². The van der Waals surface area contributed by atoms with Crippen molar-refractivity contribution in [3.05, 3.63) is 69.2 Å². The van der Waals surface area contributed by atoms with E-state index in [1.165, 1.54) is 11.3 Å². The quantitative estimate of drug-likeness (QED) is 0.662. The van der Waals surface area contributed by atoms with Crippen molar-refractivity contribution in [1.82, 2.24) is 10.2 Å². The van der Waals surface area contributed by atoms with Crippen molar-refractivity contribution in [1.29, 1.82) is 0 Å². The molecule has 1 N–H and O–H groups in total. The van der Waals surface area contributed by atoms with Crippen LogP contribution in [0.1, 0.15) is 38.8 Å². The standard InChI is InChI=1S/C21H19ClN4O2S/c1-12-4-3-5-14(8-12)19(28)23-21-25-24-20(29-21)15-9-18(27)26(11-15)16-7-6-13(2)17(22)10-16/h3-8,10,15H,9,11H2,1-2H3,(H,23,25,28)/t15-/m1/s1. The molecule has 6 nitrogen and oxygen atoms in total. The molecule has 4 rings (SSSR count). The molecule has 1 aromatic heterocycles. The number of nitrogens with zero attached hydrogens (tertiary/aromatic N) is 3. The smallest absolute Gasteiger partial charge is 0.257 e. The number of anilines is 2. The van der Waals surface area contributed by atoms with Crippen LogP contribution in [0.25, 0.3) is 0 Å². The molecule has 1 aliphatic rings. The van der Waals surface area contributed by atoms with E-state index in [2.05, 4.69) is 15.5 Å². The summed E-state index contributed by atoms with van der Waals surface area (Å²) >= 11 is 7.51. The molecule has 2 heterocycles. The van der Waals surface area contributed by atoms with Gasteiger partial charge in [-0.15, -0.1) is 10.2 Å². The minimum atomic E-state index is -0.227. The van der Waals surface area contributed by atoms with Crippen molar-refractivity contribution in [3.63, 3.8) is 0 Å². The van der Waals surface area contributed by atoms with Crippen LogP contribution in [0.4, 0.5) is 10.8 Å². The van der Waals surface area contributed by atoms with Gasteiger partial charge in [0.2, 0.25) is 11.0 Å². The largest absolute Gasteiger partial charge is 0.312 e. The minimum absolute atomic E-state index is 0.0236. The summed E-state index contributed by atoms with van der Waals surface area (Å²) in [5, 5.41) is 12.9. The van der Waals surface area contributed by atoms with Crippen LogP contribution in [0.15, 0.2) is 42.5 Å². The number of hydrogen-bond acceptors (Lipinski definition) is 5. The molecule has 1 aliphatic heterocycles. The van der Waals surface area contributed by atoms with Gasteiger partial charge in [-0.1, -0.05) is 46.7 Å². The Hall–Kier alpha value is -2.77. The van der Waals surface area contributed by atoms with Gasteiger partial charge in [-0.25, -0.2) is 0 Å². The van der Waals surface area contributed by atoms with Gasteiger partial charge in [0.15, 0.2) is 0 Å².